The summed E-state index contributed by atoms with van der Waals surface area (Å²) >= 11 is 11.5. The number of carboxylic acid groups (broad SMARTS) is 1. The number of halogens is 2. The standard InChI is InChI=1S/C10H7Cl2NO3/c11-6-2-1-3-7(10(6)12)13-8(14)4-5-9(15)16/h1-5H,(H,13,14)(H,15,16)/p-1/b5-4+. The highest BCUT2D eigenvalue weighted by atomic mass is 35.5. The maximum atomic E-state index is 11.2. The van der Waals surface area contributed by atoms with Crippen LogP contribution >= 0.6 is 23.2 Å². The number of amides is 1. The van der Waals surface area contributed by atoms with Crippen molar-refractivity contribution in [3.05, 3.63) is 40.4 Å². The summed E-state index contributed by atoms with van der Waals surface area (Å²) in [5, 5.41) is 12.9. The first kappa shape index (κ1) is 12.5. The van der Waals surface area contributed by atoms with E-state index in [4.69, 9.17) is 23.2 Å². The molecule has 1 aromatic carbocycles. The lowest BCUT2D eigenvalue weighted by Crippen LogP contribution is -2.20. The summed E-state index contributed by atoms with van der Waals surface area (Å²) in [6.07, 6.45) is 1.44. The van der Waals surface area contributed by atoms with E-state index in [0.717, 1.165) is 6.08 Å². The average Bonchev–Trinajstić information content (AvgIpc) is 2.22. The lowest BCUT2D eigenvalue weighted by atomic mass is 10.3. The van der Waals surface area contributed by atoms with Gasteiger partial charge in [0.2, 0.25) is 5.91 Å². The molecule has 1 rings (SSSR count). The number of aliphatic carboxylic acids is 1. The Kier molecular flexibility index (Phi) is 4.34. The zero-order valence-electron chi connectivity index (χ0n) is 7.87. The van der Waals surface area contributed by atoms with Crippen molar-refractivity contribution < 1.29 is 14.7 Å². The molecule has 0 saturated heterocycles. The Morgan fingerprint density at radius 2 is 1.94 bits per heavy atom. The van der Waals surface area contributed by atoms with Crippen molar-refractivity contribution in [3.8, 4) is 0 Å². The second-order valence-electron chi connectivity index (χ2n) is 2.74. The van der Waals surface area contributed by atoms with Crippen molar-refractivity contribution in [2.45, 2.75) is 0 Å². The first-order valence-electron chi connectivity index (χ1n) is 4.15. The molecule has 0 saturated carbocycles. The van der Waals surface area contributed by atoms with Crippen LogP contribution in [0.5, 0.6) is 0 Å². The van der Waals surface area contributed by atoms with Gasteiger partial charge in [-0.15, -0.1) is 0 Å². The molecule has 0 unspecified atom stereocenters. The molecule has 0 atom stereocenters. The molecule has 1 aromatic rings. The van der Waals surface area contributed by atoms with Gasteiger partial charge in [0.05, 0.1) is 21.7 Å². The Hall–Kier alpha value is -1.52. The smallest absolute Gasteiger partial charge is 0.248 e. The van der Waals surface area contributed by atoms with Crippen molar-refractivity contribution >= 4 is 40.8 Å². The van der Waals surface area contributed by atoms with Crippen molar-refractivity contribution in [1.29, 1.82) is 0 Å². The molecule has 0 bridgehead atoms. The van der Waals surface area contributed by atoms with E-state index in [-0.39, 0.29) is 5.02 Å². The number of carboxylic acids is 1. The molecule has 0 spiro atoms. The Morgan fingerprint density at radius 3 is 2.56 bits per heavy atom. The van der Waals surface area contributed by atoms with Crippen LogP contribution in [0.4, 0.5) is 5.69 Å². The second-order valence-corrected chi connectivity index (χ2v) is 3.53. The molecule has 84 valence electrons. The van der Waals surface area contributed by atoms with Gasteiger partial charge in [0, 0.05) is 6.08 Å². The molecular weight excluding hydrogens is 253 g/mol. The highest BCUT2D eigenvalue weighted by Crippen LogP contribution is 2.29. The third-order valence-electron chi connectivity index (χ3n) is 1.58. The molecule has 0 aromatic heterocycles. The van der Waals surface area contributed by atoms with Gasteiger partial charge in [0.15, 0.2) is 0 Å². The molecule has 0 heterocycles. The van der Waals surface area contributed by atoms with Crippen molar-refractivity contribution in [2.24, 2.45) is 0 Å². The zero-order valence-corrected chi connectivity index (χ0v) is 9.38. The van der Waals surface area contributed by atoms with Crippen LogP contribution in [-0.4, -0.2) is 11.9 Å². The molecule has 0 aliphatic rings. The fraction of sp³-hybridized carbons (Fsp3) is 0. The summed E-state index contributed by atoms with van der Waals surface area (Å²) in [7, 11) is 0. The number of nitrogens with one attached hydrogen (secondary N) is 1. The van der Waals surface area contributed by atoms with E-state index in [0.29, 0.717) is 16.8 Å². The quantitative estimate of drug-likeness (QED) is 0.830. The van der Waals surface area contributed by atoms with Crippen molar-refractivity contribution in [3.63, 3.8) is 0 Å². The maximum Gasteiger partial charge on any atom is 0.248 e. The van der Waals surface area contributed by atoms with E-state index in [1.807, 2.05) is 0 Å². The van der Waals surface area contributed by atoms with Gasteiger partial charge in [0.25, 0.3) is 0 Å². The van der Waals surface area contributed by atoms with E-state index >= 15 is 0 Å². The summed E-state index contributed by atoms with van der Waals surface area (Å²) in [6, 6.07) is 4.71. The minimum absolute atomic E-state index is 0.194. The fourth-order valence-corrected chi connectivity index (χ4v) is 1.27. The van der Waals surface area contributed by atoms with Crippen molar-refractivity contribution in [2.75, 3.05) is 5.32 Å². The molecule has 16 heavy (non-hydrogen) atoms. The summed E-state index contributed by atoms with van der Waals surface area (Å²) < 4.78 is 0. The maximum absolute atomic E-state index is 11.2. The number of carbonyl (C=O) groups excluding carboxylic acids is 2. The monoisotopic (exact) mass is 258 g/mol. The first-order chi connectivity index (χ1) is 7.50. The molecule has 4 nitrogen and oxygen atoms in total. The predicted octanol–water partition coefficient (Wildman–Crippen LogP) is 1.24. The van der Waals surface area contributed by atoms with Gasteiger partial charge in [-0.3, -0.25) is 4.79 Å². The summed E-state index contributed by atoms with van der Waals surface area (Å²) in [5.41, 5.74) is 0.308. The predicted molar refractivity (Wildman–Crippen MR) is 59.2 cm³/mol. The van der Waals surface area contributed by atoms with Gasteiger partial charge in [-0.2, -0.15) is 0 Å². The van der Waals surface area contributed by atoms with Crippen molar-refractivity contribution in [1.82, 2.24) is 0 Å². The van der Waals surface area contributed by atoms with E-state index in [1.165, 1.54) is 0 Å². The fourth-order valence-electron chi connectivity index (χ4n) is 0.918. The van der Waals surface area contributed by atoms with E-state index < -0.39 is 11.9 Å². The van der Waals surface area contributed by atoms with E-state index in [2.05, 4.69) is 5.32 Å². The highest BCUT2D eigenvalue weighted by Gasteiger charge is 2.05. The van der Waals surface area contributed by atoms with Gasteiger partial charge >= 0.3 is 0 Å². The Morgan fingerprint density at radius 1 is 1.25 bits per heavy atom. The van der Waals surface area contributed by atoms with Gasteiger partial charge in [0.1, 0.15) is 0 Å². The lowest BCUT2D eigenvalue weighted by molar-refractivity contribution is -0.297. The SMILES string of the molecule is O=C([O-])/C=C/C(=O)Nc1cccc(Cl)c1Cl. The Bertz CT molecular complexity index is 457. The van der Waals surface area contributed by atoms with E-state index in [1.54, 1.807) is 18.2 Å². The third kappa shape index (κ3) is 3.56. The number of benzene rings is 1. The molecule has 0 fully saturated rings. The normalized spacial score (nSPS) is 10.4. The van der Waals surface area contributed by atoms with Crippen LogP contribution in [0.3, 0.4) is 0 Å². The topological polar surface area (TPSA) is 69.2 Å². The van der Waals surface area contributed by atoms with Crippen LogP contribution < -0.4 is 10.4 Å². The molecule has 6 heteroatoms. The molecule has 0 aliphatic carbocycles. The van der Waals surface area contributed by atoms with Crippen LogP contribution in [0.25, 0.3) is 0 Å². The number of rotatable bonds is 3. The minimum Gasteiger partial charge on any atom is -0.545 e. The van der Waals surface area contributed by atoms with Crippen LogP contribution in [0.15, 0.2) is 30.4 Å². The first-order valence-corrected chi connectivity index (χ1v) is 4.90. The molecule has 0 radical (unpaired) electrons. The second kappa shape index (κ2) is 5.53. The van der Waals surface area contributed by atoms with Crippen LogP contribution in [0, 0.1) is 0 Å². The van der Waals surface area contributed by atoms with Crippen LogP contribution in [0.1, 0.15) is 0 Å². The van der Waals surface area contributed by atoms with Crippen LogP contribution in [0.2, 0.25) is 10.0 Å². The number of carbonyl (C=O) groups is 2. The van der Waals surface area contributed by atoms with E-state index in [9.17, 15) is 14.7 Å². The Labute approximate surface area is 101 Å². The summed E-state index contributed by atoms with van der Waals surface area (Å²) in [4.78, 5) is 21.2. The van der Waals surface area contributed by atoms with Gasteiger partial charge in [-0.1, -0.05) is 29.3 Å². The minimum atomic E-state index is -1.45. The lowest BCUT2D eigenvalue weighted by Gasteiger charge is -2.05. The largest absolute Gasteiger partial charge is 0.545 e. The number of hydrogen-bond acceptors (Lipinski definition) is 3. The summed E-state index contributed by atoms with van der Waals surface area (Å²) in [5.74, 6) is -2.08. The molecule has 1 N–H and O–H groups in total. The molecule has 1 amide bonds. The Balaban J connectivity index is 2.78. The summed E-state index contributed by atoms with van der Waals surface area (Å²) in [6.45, 7) is 0. The molecule has 0 aliphatic heterocycles. The van der Waals surface area contributed by atoms with Gasteiger partial charge in [-0.25, -0.2) is 0 Å². The number of anilines is 1. The average molecular weight is 259 g/mol. The number of hydrogen-bond donors (Lipinski definition) is 1. The van der Waals surface area contributed by atoms with Gasteiger partial charge in [-0.05, 0) is 18.2 Å². The van der Waals surface area contributed by atoms with Gasteiger partial charge < -0.3 is 15.2 Å². The van der Waals surface area contributed by atoms with Crippen LogP contribution in [-0.2, 0) is 9.59 Å². The molecular formula is C10H6Cl2NO3-. The highest BCUT2D eigenvalue weighted by molar-refractivity contribution is 6.44. The third-order valence-corrected chi connectivity index (χ3v) is 2.40. The zero-order chi connectivity index (χ0) is 12.1.